The molecule has 5 heteroatoms. The Hall–Kier alpha value is -2.43. The van der Waals surface area contributed by atoms with Crippen LogP contribution < -0.4 is 0 Å². The lowest BCUT2D eigenvalue weighted by molar-refractivity contribution is -0.141. The molecule has 0 aliphatic heterocycles. The molecular formula is C23H32N2O3. The first-order valence-electron chi connectivity index (χ1n) is 9.81. The van der Waals surface area contributed by atoms with E-state index < -0.39 is 5.97 Å². The third-order valence-corrected chi connectivity index (χ3v) is 4.83. The zero-order valence-electron chi connectivity index (χ0n) is 18.1. The lowest BCUT2D eigenvalue weighted by Crippen LogP contribution is -2.17. The number of nitrogens with zero attached hydrogens (tertiary/aromatic N) is 2. The zero-order chi connectivity index (χ0) is 21.1. The molecule has 152 valence electrons. The standard InChI is InChI=1S/C23H32N2O3/c1-15(2)13-25-17(4)20(16(3)24-25)12-22(27)28-14-21(26)18-8-10-19(11-9-18)23(5,6)7/h8-11,15H,12-14H2,1-7H3. The van der Waals surface area contributed by atoms with Crippen molar-refractivity contribution < 1.29 is 14.3 Å². The molecule has 0 atom stereocenters. The molecule has 0 aliphatic rings. The van der Waals surface area contributed by atoms with E-state index >= 15 is 0 Å². The molecule has 1 aromatic heterocycles. The van der Waals surface area contributed by atoms with Gasteiger partial charge in [0.1, 0.15) is 0 Å². The van der Waals surface area contributed by atoms with E-state index in [1.54, 1.807) is 12.1 Å². The maximum atomic E-state index is 12.3. The number of aromatic nitrogens is 2. The summed E-state index contributed by atoms with van der Waals surface area (Å²) >= 11 is 0. The molecule has 0 radical (unpaired) electrons. The van der Waals surface area contributed by atoms with Gasteiger partial charge in [0.05, 0.1) is 12.1 Å². The highest BCUT2D eigenvalue weighted by Crippen LogP contribution is 2.22. The predicted octanol–water partition coefficient (Wildman–Crippen LogP) is 4.42. The van der Waals surface area contributed by atoms with Crippen molar-refractivity contribution >= 4 is 11.8 Å². The number of hydrogen-bond acceptors (Lipinski definition) is 4. The summed E-state index contributed by atoms with van der Waals surface area (Å²) in [5.74, 6) is -0.132. The normalized spacial score (nSPS) is 11.7. The van der Waals surface area contributed by atoms with Crippen molar-refractivity contribution in [1.82, 2.24) is 9.78 Å². The Labute approximate surface area is 168 Å². The highest BCUT2D eigenvalue weighted by Gasteiger charge is 2.18. The van der Waals surface area contributed by atoms with Crippen molar-refractivity contribution in [2.75, 3.05) is 6.61 Å². The van der Waals surface area contributed by atoms with Gasteiger partial charge in [0, 0.05) is 23.4 Å². The summed E-state index contributed by atoms with van der Waals surface area (Å²) in [6, 6.07) is 7.48. The smallest absolute Gasteiger partial charge is 0.310 e. The van der Waals surface area contributed by atoms with Crippen LogP contribution in [-0.4, -0.2) is 28.1 Å². The third kappa shape index (κ3) is 5.54. The Morgan fingerprint density at radius 1 is 1.11 bits per heavy atom. The molecule has 2 aromatic rings. The summed E-state index contributed by atoms with van der Waals surface area (Å²) in [6.07, 6.45) is 0.131. The summed E-state index contributed by atoms with van der Waals surface area (Å²) in [7, 11) is 0. The number of ether oxygens (including phenoxy) is 1. The van der Waals surface area contributed by atoms with Crippen LogP contribution in [0.4, 0.5) is 0 Å². The lowest BCUT2D eigenvalue weighted by Gasteiger charge is -2.18. The van der Waals surface area contributed by atoms with Gasteiger partial charge in [0.2, 0.25) is 0 Å². The Kier molecular flexibility index (Phi) is 6.81. The summed E-state index contributed by atoms with van der Waals surface area (Å²) in [5.41, 5.74) is 4.44. The molecule has 0 N–H and O–H groups in total. The maximum Gasteiger partial charge on any atom is 0.310 e. The fraction of sp³-hybridized carbons (Fsp3) is 0.522. The number of esters is 1. The Morgan fingerprint density at radius 2 is 1.71 bits per heavy atom. The van der Waals surface area contributed by atoms with E-state index in [-0.39, 0.29) is 24.2 Å². The second kappa shape index (κ2) is 8.72. The Bertz CT molecular complexity index is 840. The van der Waals surface area contributed by atoms with Gasteiger partial charge in [-0.1, -0.05) is 58.9 Å². The molecule has 28 heavy (non-hydrogen) atoms. The van der Waals surface area contributed by atoms with Crippen molar-refractivity contribution in [3.63, 3.8) is 0 Å². The van der Waals surface area contributed by atoms with Crippen LogP contribution in [0.3, 0.4) is 0 Å². The summed E-state index contributed by atoms with van der Waals surface area (Å²) in [6.45, 7) is 15.1. The van der Waals surface area contributed by atoms with E-state index in [1.807, 2.05) is 30.7 Å². The molecule has 2 rings (SSSR count). The van der Waals surface area contributed by atoms with Gasteiger partial charge in [-0.3, -0.25) is 14.3 Å². The number of aryl methyl sites for hydroxylation is 1. The van der Waals surface area contributed by atoms with Gasteiger partial charge in [0.15, 0.2) is 12.4 Å². The molecule has 0 aliphatic carbocycles. The highest BCUT2D eigenvalue weighted by molar-refractivity contribution is 5.98. The number of rotatable bonds is 7. The Morgan fingerprint density at radius 3 is 2.25 bits per heavy atom. The van der Waals surface area contributed by atoms with Crippen LogP contribution in [0.5, 0.6) is 0 Å². The van der Waals surface area contributed by atoms with Crippen LogP contribution in [0.2, 0.25) is 0 Å². The monoisotopic (exact) mass is 384 g/mol. The highest BCUT2D eigenvalue weighted by atomic mass is 16.5. The van der Waals surface area contributed by atoms with Crippen LogP contribution in [0, 0.1) is 19.8 Å². The minimum atomic E-state index is -0.407. The summed E-state index contributed by atoms with van der Waals surface area (Å²) in [5, 5.41) is 4.52. The molecule has 5 nitrogen and oxygen atoms in total. The van der Waals surface area contributed by atoms with E-state index in [9.17, 15) is 9.59 Å². The van der Waals surface area contributed by atoms with Crippen LogP contribution in [0.15, 0.2) is 24.3 Å². The minimum Gasteiger partial charge on any atom is -0.457 e. The molecule has 1 aromatic carbocycles. The number of hydrogen-bond donors (Lipinski definition) is 0. The average Bonchev–Trinajstić information content (AvgIpc) is 2.86. The van der Waals surface area contributed by atoms with Gasteiger partial charge in [0.25, 0.3) is 0 Å². The fourth-order valence-electron chi connectivity index (χ4n) is 3.09. The maximum absolute atomic E-state index is 12.3. The van der Waals surface area contributed by atoms with Crippen molar-refractivity contribution in [1.29, 1.82) is 0 Å². The first-order valence-corrected chi connectivity index (χ1v) is 9.81. The largest absolute Gasteiger partial charge is 0.457 e. The Balaban J connectivity index is 1.95. The molecule has 0 saturated carbocycles. The van der Waals surface area contributed by atoms with E-state index in [4.69, 9.17) is 4.74 Å². The number of carbonyl (C=O) groups excluding carboxylic acids is 2. The molecule has 0 bridgehead atoms. The van der Waals surface area contributed by atoms with Crippen molar-refractivity contribution in [3.05, 3.63) is 52.3 Å². The van der Waals surface area contributed by atoms with Gasteiger partial charge in [-0.15, -0.1) is 0 Å². The van der Waals surface area contributed by atoms with Gasteiger partial charge in [-0.2, -0.15) is 5.10 Å². The van der Waals surface area contributed by atoms with Gasteiger partial charge >= 0.3 is 5.97 Å². The van der Waals surface area contributed by atoms with Gasteiger partial charge in [-0.25, -0.2) is 0 Å². The van der Waals surface area contributed by atoms with E-state index in [0.717, 1.165) is 29.1 Å². The van der Waals surface area contributed by atoms with Crippen LogP contribution in [0.1, 0.15) is 67.5 Å². The predicted molar refractivity (Wildman–Crippen MR) is 111 cm³/mol. The number of Topliss-reactive ketones (excluding diaryl/α,β-unsaturated/α-hetero) is 1. The SMILES string of the molecule is Cc1nn(CC(C)C)c(C)c1CC(=O)OCC(=O)c1ccc(C(C)(C)C)cc1. The zero-order valence-corrected chi connectivity index (χ0v) is 18.1. The minimum absolute atomic E-state index is 0.0315. The number of carbonyl (C=O) groups is 2. The van der Waals surface area contributed by atoms with Crippen LogP contribution >= 0.6 is 0 Å². The van der Waals surface area contributed by atoms with E-state index in [0.29, 0.717) is 11.5 Å². The second-order valence-corrected chi connectivity index (χ2v) is 8.81. The third-order valence-electron chi connectivity index (χ3n) is 4.83. The molecule has 0 amide bonds. The molecular weight excluding hydrogens is 352 g/mol. The van der Waals surface area contributed by atoms with Crippen molar-refractivity contribution in [2.45, 2.75) is 66.8 Å². The van der Waals surface area contributed by atoms with E-state index in [2.05, 4.69) is 39.7 Å². The second-order valence-electron chi connectivity index (χ2n) is 8.81. The summed E-state index contributed by atoms with van der Waals surface area (Å²) < 4.78 is 7.17. The average molecular weight is 385 g/mol. The van der Waals surface area contributed by atoms with E-state index in [1.165, 1.54) is 0 Å². The summed E-state index contributed by atoms with van der Waals surface area (Å²) in [4.78, 5) is 24.6. The van der Waals surface area contributed by atoms with Crippen molar-refractivity contribution in [2.24, 2.45) is 5.92 Å². The molecule has 0 fully saturated rings. The van der Waals surface area contributed by atoms with Crippen LogP contribution in [0.25, 0.3) is 0 Å². The first kappa shape index (κ1) is 21.9. The number of benzene rings is 1. The molecule has 0 unspecified atom stereocenters. The number of ketones is 1. The van der Waals surface area contributed by atoms with Crippen LogP contribution in [-0.2, 0) is 27.9 Å². The van der Waals surface area contributed by atoms with Gasteiger partial charge in [-0.05, 0) is 30.7 Å². The van der Waals surface area contributed by atoms with Gasteiger partial charge < -0.3 is 4.74 Å². The molecule has 0 spiro atoms. The molecule has 0 saturated heterocycles. The fourth-order valence-corrected chi connectivity index (χ4v) is 3.09. The quantitative estimate of drug-likeness (QED) is 0.524. The topological polar surface area (TPSA) is 61.2 Å². The first-order chi connectivity index (χ1) is 13.0. The lowest BCUT2D eigenvalue weighted by atomic mass is 9.86. The van der Waals surface area contributed by atoms with Crippen molar-refractivity contribution in [3.8, 4) is 0 Å². The molecule has 1 heterocycles.